The van der Waals surface area contributed by atoms with E-state index in [0.717, 1.165) is 60.6 Å². The smallest absolute Gasteiger partial charge is 0.143 e. The summed E-state index contributed by atoms with van der Waals surface area (Å²) in [5, 5.41) is 24.4. The van der Waals surface area contributed by atoms with Gasteiger partial charge in [-0.15, -0.1) is 0 Å². The van der Waals surface area contributed by atoms with Crippen molar-refractivity contribution >= 4 is 130 Å². The maximum Gasteiger partial charge on any atom is 0.143 e. The molecule has 0 unspecified atom stereocenters. The van der Waals surface area contributed by atoms with Gasteiger partial charge in [0.05, 0.1) is 0 Å². The molecular formula is C110H68O2. The van der Waals surface area contributed by atoms with Crippen molar-refractivity contribution in [2.45, 2.75) is 0 Å². The van der Waals surface area contributed by atoms with E-state index in [4.69, 9.17) is 8.83 Å². The van der Waals surface area contributed by atoms with Gasteiger partial charge in [-0.3, -0.25) is 0 Å². The summed E-state index contributed by atoms with van der Waals surface area (Å²) in [6.45, 7) is 0. The highest BCUT2D eigenvalue weighted by atomic mass is 16.3. The number of hydrogen-bond donors (Lipinski definition) is 0. The normalized spacial score (nSPS) is 11.8. The fourth-order valence-electron chi connectivity index (χ4n) is 18.1. The van der Waals surface area contributed by atoms with Crippen molar-refractivity contribution in [1.82, 2.24) is 0 Å². The Morgan fingerprint density at radius 1 is 0.125 bits per heavy atom. The Labute approximate surface area is 647 Å². The van der Waals surface area contributed by atoms with Crippen LogP contribution in [0.2, 0.25) is 0 Å². The zero-order chi connectivity index (χ0) is 73.7. The van der Waals surface area contributed by atoms with Gasteiger partial charge >= 0.3 is 0 Å². The highest BCUT2D eigenvalue weighted by Crippen LogP contribution is 2.51. The van der Waals surface area contributed by atoms with E-state index in [1.807, 2.05) is 0 Å². The lowest BCUT2D eigenvalue weighted by Gasteiger charge is -2.19. The topological polar surface area (TPSA) is 26.3 Å². The van der Waals surface area contributed by atoms with Gasteiger partial charge in [0.2, 0.25) is 0 Å². The van der Waals surface area contributed by atoms with Crippen molar-refractivity contribution in [3.05, 3.63) is 413 Å². The fourth-order valence-corrected chi connectivity index (χ4v) is 18.1. The molecule has 0 saturated heterocycles. The molecule has 21 aromatic carbocycles. The number of benzene rings is 21. The maximum absolute atomic E-state index is 6.78. The number of rotatable bonds is 9. The Balaban J connectivity index is 0.000000138. The van der Waals surface area contributed by atoms with Gasteiger partial charge in [-0.1, -0.05) is 346 Å². The summed E-state index contributed by atoms with van der Waals surface area (Å²) in [6, 6.07) is 150. The summed E-state index contributed by atoms with van der Waals surface area (Å²) in [5.74, 6) is 0. The Morgan fingerprint density at radius 2 is 0.482 bits per heavy atom. The first-order chi connectivity index (χ1) is 55.5. The van der Waals surface area contributed by atoms with Crippen molar-refractivity contribution in [1.29, 1.82) is 0 Å². The number of furan rings is 2. The second-order valence-corrected chi connectivity index (χ2v) is 29.6. The van der Waals surface area contributed by atoms with Gasteiger partial charge < -0.3 is 8.83 Å². The molecule has 0 fully saturated rings. The third kappa shape index (κ3) is 10.9. The highest BCUT2D eigenvalue weighted by Gasteiger charge is 2.24. The van der Waals surface area contributed by atoms with Crippen molar-refractivity contribution in [3.8, 4) is 100 Å². The molecule has 0 bridgehead atoms. The second-order valence-electron chi connectivity index (χ2n) is 29.6. The van der Waals surface area contributed by atoms with Crippen LogP contribution in [0, 0.1) is 0 Å². The molecule has 0 radical (unpaired) electrons. The largest absolute Gasteiger partial charge is 0.456 e. The summed E-state index contributed by atoms with van der Waals surface area (Å²) in [5.41, 5.74) is 25.3. The molecule has 2 aromatic heterocycles. The molecule has 520 valence electrons. The zero-order valence-corrected chi connectivity index (χ0v) is 61.1. The van der Waals surface area contributed by atoms with E-state index in [9.17, 15) is 0 Å². The van der Waals surface area contributed by atoms with Gasteiger partial charge in [0.25, 0.3) is 0 Å². The van der Waals surface area contributed by atoms with Crippen LogP contribution in [-0.4, -0.2) is 0 Å². The number of hydrogen-bond acceptors (Lipinski definition) is 2. The van der Waals surface area contributed by atoms with Gasteiger partial charge in [-0.25, -0.2) is 0 Å². The monoisotopic (exact) mass is 1420 g/mol. The standard InChI is InChI=1S/C58H36O.C52H32O/c1-2-11-37(12-3-1)41-25-26-43-34-44(28-27-42(43)33-41)46-29-31-48-54-35-45(30-32-55(54)59-56(48)36-46)38-21-23-40(24-22-38)57-50-16-6-8-18-52(50)58(53-19-9-7-17-51(53)57)49-20-10-14-39-13-4-5-15-47(39)49;1-2-15-34(16-3-1)46-30-36(29-35-18-5-7-21-39(35)46)47-31-37(32-48-40-22-12-13-28-49(40)53-52(47)48)50-42-23-8-10-25-44(42)51(45-26-11-9-24-43(45)50)41-27-14-19-33-17-4-6-20-38(33)41/h1-36H;1-32H. The SMILES string of the molecule is c1ccc(-c2cc(-c3cc(-c4c5ccccc5c(-c5cccc6ccccc56)c5ccccc45)cc4c3oc3ccccc34)cc3ccccc23)cc1.c1ccc(-c2ccc3cc(-c4ccc5c(c4)oc4ccc(-c6ccc(-c7c8ccccc8c(-c8cccc9ccccc89)c8ccccc78)cc6)cc45)ccc3c2)cc1. The van der Waals surface area contributed by atoms with Crippen molar-refractivity contribution in [2.75, 3.05) is 0 Å². The lowest BCUT2D eigenvalue weighted by molar-refractivity contribution is 0.669. The third-order valence-corrected chi connectivity index (χ3v) is 23.3. The fraction of sp³-hybridized carbons (Fsp3) is 0. The summed E-state index contributed by atoms with van der Waals surface area (Å²) in [7, 11) is 0. The van der Waals surface area contributed by atoms with Gasteiger partial charge in [0.15, 0.2) is 0 Å². The van der Waals surface area contributed by atoms with Crippen molar-refractivity contribution < 1.29 is 8.83 Å². The van der Waals surface area contributed by atoms with Crippen LogP contribution in [0.4, 0.5) is 0 Å². The molecule has 0 spiro atoms. The van der Waals surface area contributed by atoms with Gasteiger partial charge in [-0.2, -0.15) is 0 Å². The highest BCUT2D eigenvalue weighted by molar-refractivity contribution is 6.26. The van der Waals surface area contributed by atoms with Crippen LogP contribution in [0.3, 0.4) is 0 Å². The van der Waals surface area contributed by atoms with Crippen LogP contribution < -0.4 is 0 Å². The molecule has 2 heteroatoms. The molecule has 0 saturated carbocycles. The van der Waals surface area contributed by atoms with Crippen molar-refractivity contribution in [2.24, 2.45) is 0 Å². The van der Waals surface area contributed by atoms with Gasteiger partial charge in [-0.05, 0) is 247 Å². The van der Waals surface area contributed by atoms with Gasteiger partial charge in [0.1, 0.15) is 22.3 Å². The molecule has 2 nitrogen and oxygen atoms in total. The van der Waals surface area contributed by atoms with E-state index < -0.39 is 0 Å². The molecule has 0 N–H and O–H groups in total. The molecule has 0 aliphatic carbocycles. The second kappa shape index (κ2) is 26.6. The van der Waals surface area contributed by atoms with E-state index in [1.165, 1.54) is 170 Å². The molecule has 2 heterocycles. The summed E-state index contributed by atoms with van der Waals surface area (Å²) in [4.78, 5) is 0. The van der Waals surface area contributed by atoms with Crippen molar-refractivity contribution in [3.63, 3.8) is 0 Å². The molecule has 0 atom stereocenters. The minimum absolute atomic E-state index is 0.894. The first kappa shape index (κ1) is 64.5. The molecule has 0 aliphatic heterocycles. The number of para-hydroxylation sites is 1. The van der Waals surface area contributed by atoms with E-state index in [0.29, 0.717) is 0 Å². The molecular weight excluding hydrogens is 1350 g/mol. The Hall–Kier alpha value is -14.7. The van der Waals surface area contributed by atoms with Crippen LogP contribution >= 0.6 is 0 Å². The van der Waals surface area contributed by atoms with Crippen LogP contribution in [0.5, 0.6) is 0 Å². The maximum atomic E-state index is 6.78. The molecule has 0 aliphatic rings. The lowest BCUT2D eigenvalue weighted by atomic mass is 9.83. The minimum Gasteiger partial charge on any atom is -0.456 e. The number of fused-ring (bicyclic) bond motifs is 14. The first-order valence-electron chi connectivity index (χ1n) is 38.6. The van der Waals surface area contributed by atoms with E-state index in [1.54, 1.807) is 0 Å². The summed E-state index contributed by atoms with van der Waals surface area (Å²) < 4.78 is 13.3. The van der Waals surface area contributed by atoms with Crippen LogP contribution in [0.1, 0.15) is 0 Å². The van der Waals surface area contributed by atoms with Gasteiger partial charge in [0, 0.05) is 27.1 Å². The quantitative estimate of drug-likeness (QED) is 0.135. The van der Waals surface area contributed by atoms with E-state index in [-0.39, 0.29) is 0 Å². The predicted octanol–water partition coefficient (Wildman–Crippen LogP) is 31.4. The average molecular weight is 1420 g/mol. The molecule has 23 aromatic rings. The third-order valence-electron chi connectivity index (χ3n) is 23.3. The molecule has 112 heavy (non-hydrogen) atoms. The van der Waals surface area contributed by atoms with Crippen LogP contribution in [-0.2, 0) is 0 Å². The summed E-state index contributed by atoms with van der Waals surface area (Å²) >= 11 is 0. The first-order valence-corrected chi connectivity index (χ1v) is 38.6. The summed E-state index contributed by atoms with van der Waals surface area (Å²) in [6.07, 6.45) is 0. The molecule has 23 rings (SSSR count). The lowest BCUT2D eigenvalue weighted by Crippen LogP contribution is -1.92. The Kier molecular flexibility index (Phi) is 15.3. The van der Waals surface area contributed by atoms with E-state index in [2.05, 4.69) is 413 Å². The molecule has 0 amide bonds. The predicted molar refractivity (Wildman–Crippen MR) is 476 cm³/mol. The van der Waals surface area contributed by atoms with E-state index >= 15 is 0 Å². The van der Waals surface area contributed by atoms with Crippen LogP contribution in [0.25, 0.3) is 230 Å². The zero-order valence-electron chi connectivity index (χ0n) is 61.1. The van der Waals surface area contributed by atoms with Crippen LogP contribution in [0.15, 0.2) is 421 Å². The Morgan fingerprint density at radius 3 is 1.05 bits per heavy atom. The Bertz CT molecular complexity index is 7610. The minimum atomic E-state index is 0.894. The average Bonchev–Trinajstić information content (AvgIpc) is 1.70.